The predicted molar refractivity (Wildman–Crippen MR) is 74.1 cm³/mol. The number of hydrogen-bond donors (Lipinski definition) is 0. The molecule has 1 saturated heterocycles. The Balaban J connectivity index is 1.51. The minimum Gasteiger partial charge on any atom is -0.691 e. The van der Waals surface area contributed by atoms with Gasteiger partial charge in [0.2, 0.25) is 0 Å². The van der Waals surface area contributed by atoms with E-state index in [1.807, 2.05) is 0 Å². The minimum atomic E-state index is -4.19. The lowest BCUT2D eigenvalue weighted by Crippen LogP contribution is -2.41. The summed E-state index contributed by atoms with van der Waals surface area (Å²) in [5, 5.41) is 8.08. The third-order valence-electron chi connectivity index (χ3n) is 4.92. The zero-order valence-corrected chi connectivity index (χ0v) is 14.3. The third kappa shape index (κ3) is 3.38. The molecule has 2 bridgehead atoms. The number of esters is 3. The van der Waals surface area contributed by atoms with Crippen molar-refractivity contribution >= 4 is 30.0 Å². The first-order valence-corrected chi connectivity index (χ1v) is 8.58. The van der Waals surface area contributed by atoms with E-state index in [0.29, 0.717) is 6.42 Å². The van der Waals surface area contributed by atoms with Gasteiger partial charge < -0.3 is 19.5 Å². The molecule has 146 valence electrons. The Morgan fingerprint density at radius 2 is 2.19 bits per heavy atom. The molecule has 0 spiro atoms. The molecule has 0 N–H and O–H groups in total. The predicted octanol–water partition coefficient (Wildman–Crippen LogP) is 0.473. The number of carbonyl (C=O) groups is 3. The van der Waals surface area contributed by atoms with Crippen LogP contribution in [0.15, 0.2) is 0 Å². The van der Waals surface area contributed by atoms with E-state index in [1.54, 1.807) is 0 Å². The highest BCUT2D eigenvalue weighted by molar-refractivity contribution is 7.96. The second kappa shape index (κ2) is 6.91. The van der Waals surface area contributed by atoms with Gasteiger partial charge in [-0.05, 0) is 25.7 Å². The van der Waals surface area contributed by atoms with Crippen molar-refractivity contribution < 1.29 is 52.0 Å². The van der Waals surface area contributed by atoms with Gasteiger partial charge in [-0.15, -0.1) is 0 Å². The normalized spacial score (nSPS) is 33.1. The number of fused-ring (bicyclic) bond motifs is 1. The highest BCUT2D eigenvalue weighted by Gasteiger charge is 2.68. The maximum absolute atomic E-state index is 13.2. The van der Waals surface area contributed by atoms with Crippen molar-refractivity contribution in [3.63, 3.8) is 0 Å². The fourth-order valence-electron chi connectivity index (χ4n) is 3.83. The second-order valence-corrected chi connectivity index (χ2v) is 7.46. The van der Waals surface area contributed by atoms with Crippen LogP contribution in [0.1, 0.15) is 26.2 Å². The van der Waals surface area contributed by atoms with Gasteiger partial charge in [0.1, 0.15) is 18.6 Å². The van der Waals surface area contributed by atoms with Crippen LogP contribution in [0.3, 0.4) is 0 Å². The maximum Gasteiger partial charge on any atom is 0.415 e. The molecule has 26 heavy (non-hydrogen) atoms. The Morgan fingerprint density at radius 1 is 1.46 bits per heavy atom. The van der Waals surface area contributed by atoms with Crippen LogP contribution in [0, 0.1) is 23.7 Å². The van der Waals surface area contributed by atoms with Crippen molar-refractivity contribution in [3.8, 4) is 0 Å². The summed E-state index contributed by atoms with van der Waals surface area (Å²) in [5.74, 6) is -5.80. The summed E-state index contributed by atoms with van der Waals surface area (Å²) in [6.07, 6.45) is 1.87. The summed E-state index contributed by atoms with van der Waals surface area (Å²) in [7, 11) is 0. The molecule has 12 heteroatoms. The first-order valence-electron chi connectivity index (χ1n) is 7.83. The molecule has 3 aliphatic rings. The Labute approximate surface area is 150 Å². The molecule has 2 aliphatic carbocycles. The molecule has 1 heterocycles. The number of alkyl halides is 2. The number of ether oxygens (including phenoxy) is 3. The second-order valence-electron chi connectivity index (χ2n) is 6.64. The minimum absolute atomic E-state index is 0.191. The van der Waals surface area contributed by atoms with Crippen LogP contribution >= 0.6 is 12.0 Å². The fraction of sp³-hybridized carbons (Fsp3) is 0.786. The Morgan fingerprint density at radius 3 is 2.85 bits per heavy atom. The first-order chi connectivity index (χ1) is 12.2. The smallest absolute Gasteiger partial charge is 0.415 e. The lowest BCUT2D eigenvalue weighted by molar-refractivity contribution is -0.777. The zero-order valence-electron chi connectivity index (χ0n) is 13.5. The molecule has 2 saturated carbocycles. The van der Waals surface area contributed by atoms with E-state index in [2.05, 4.69) is 14.1 Å². The summed E-state index contributed by atoms with van der Waals surface area (Å²) in [6.45, 7) is 0.629. The molecular weight excluding hydrogens is 382 g/mol. The van der Waals surface area contributed by atoms with Crippen molar-refractivity contribution in [2.45, 2.75) is 37.2 Å². The number of rotatable bonds is 8. The summed E-state index contributed by atoms with van der Waals surface area (Å²) in [5.41, 5.74) is 0. The van der Waals surface area contributed by atoms with Gasteiger partial charge in [0.15, 0.2) is 0 Å². The molecule has 5 atom stereocenters. The van der Waals surface area contributed by atoms with E-state index in [4.69, 9.17) is 9.47 Å². The highest BCUT2D eigenvalue weighted by Crippen LogP contribution is 2.60. The van der Waals surface area contributed by atoms with Crippen molar-refractivity contribution in [3.05, 3.63) is 0 Å². The Kier molecular flexibility index (Phi) is 5.12. The van der Waals surface area contributed by atoms with Gasteiger partial charge >= 0.3 is 23.2 Å². The van der Waals surface area contributed by atoms with Crippen molar-refractivity contribution in [1.82, 2.24) is 0 Å². The van der Waals surface area contributed by atoms with Gasteiger partial charge in [0.05, 0.1) is 17.8 Å². The van der Waals surface area contributed by atoms with Crippen molar-refractivity contribution in [2.75, 3.05) is 6.61 Å². The van der Waals surface area contributed by atoms with Gasteiger partial charge in [-0.3, -0.25) is 14.6 Å². The molecule has 9 nitrogen and oxygen atoms in total. The largest absolute Gasteiger partial charge is 0.691 e. The van der Waals surface area contributed by atoms with Crippen LogP contribution in [0.5, 0.6) is 0 Å². The summed E-state index contributed by atoms with van der Waals surface area (Å²) in [6, 6.07) is 0. The van der Waals surface area contributed by atoms with Gasteiger partial charge in [-0.2, -0.15) is 13.1 Å². The molecule has 3 rings (SSSR count). The average molecular weight is 397 g/mol. The van der Waals surface area contributed by atoms with E-state index < -0.39 is 47.5 Å². The topological polar surface area (TPSA) is 120 Å². The van der Waals surface area contributed by atoms with E-state index >= 15 is 0 Å². The number of halogens is 2. The average Bonchev–Trinajstić information content (AvgIpc) is 3.18. The van der Waals surface area contributed by atoms with Crippen LogP contribution in [0.2, 0.25) is 0 Å². The van der Waals surface area contributed by atoms with Crippen molar-refractivity contribution in [2.24, 2.45) is 23.7 Å². The maximum atomic E-state index is 13.2. The molecule has 0 aromatic rings. The van der Waals surface area contributed by atoms with Crippen LogP contribution in [-0.4, -0.2) is 35.6 Å². The van der Waals surface area contributed by atoms with Crippen LogP contribution in [0.4, 0.5) is 8.78 Å². The van der Waals surface area contributed by atoms with Crippen LogP contribution < -0.4 is 5.26 Å². The third-order valence-corrected chi connectivity index (χ3v) is 5.42. The lowest BCUT2D eigenvalue weighted by atomic mass is 9.87. The molecular formula is C14H15F2O9S-. The van der Waals surface area contributed by atoms with E-state index in [1.165, 1.54) is 6.92 Å². The molecule has 0 amide bonds. The molecule has 0 radical (unpaired) electrons. The zero-order chi connectivity index (χ0) is 19.1. The van der Waals surface area contributed by atoms with Gasteiger partial charge in [0.25, 0.3) is 5.79 Å². The molecule has 0 aromatic heterocycles. The van der Waals surface area contributed by atoms with Gasteiger partial charge in [0, 0.05) is 6.42 Å². The molecule has 0 aromatic carbocycles. The number of carbonyl (C=O) groups excluding carboxylic acids is 3. The lowest BCUT2D eigenvalue weighted by Gasteiger charge is -2.30. The number of hydrogen-bond acceptors (Lipinski definition) is 10. The first kappa shape index (κ1) is 19.3. The summed E-state index contributed by atoms with van der Waals surface area (Å²) < 4.78 is 44.9. The van der Waals surface area contributed by atoms with Gasteiger partial charge in [-0.1, -0.05) is 0 Å². The standard InChI is InChI=1S/C14H16F2O9S/c1-6(5-21-12(19)14(15,16)26-25-24-20)10(17)22-13-4-7-2-8(9(13)3-7)11(18)23-13/h6-9,20H,2-5H2,1H3/p-1. The SMILES string of the molecule is CC(COC(=O)C(F)(F)SOO[O-])C(=O)OC12CC3CC(C(=O)O1)C2C3. The molecule has 1 aliphatic heterocycles. The Bertz CT molecular complexity index is 615. The Hall–Kier alpha value is -1.50. The van der Waals surface area contributed by atoms with E-state index in [0.717, 1.165) is 12.8 Å². The quantitative estimate of drug-likeness (QED) is 0.247. The molecule has 5 unspecified atom stereocenters. The van der Waals surface area contributed by atoms with Crippen LogP contribution in [0.25, 0.3) is 0 Å². The fourth-order valence-corrected chi connectivity index (χ4v) is 4.07. The van der Waals surface area contributed by atoms with E-state index in [-0.39, 0.29) is 23.7 Å². The molecule has 3 fully saturated rings. The van der Waals surface area contributed by atoms with Gasteiger partial charge in [-0.25, -0.2) is 4.79 Å². The van der Waals surface area contributed by atoms with Crippen LogP contribution in [-0.2, 0) is 38.0 Å². The van der Waals surface area contributed by atoms with Crippen molar-refractivity contribution in [1.29, 1.82) is 0 Å². The monoisotopic (exact) mass is 397 g/mol. The summed E-state index contributed by atoms with van der Waals surface area (Å²) >= 11 is -0.826. The van der Waals surface area contributed by atoms with E-state index in [9.17, 15) is 28.4 Å². The highest BCUT2D eigenvalue weighted by atomic mass is 32.2. The summed E-state index contributed by atoms with van der Waals surface area (Å²) in [4.78, 5) is 35.3.